The molecule has 4 atom stereocenters. The summed E-state index contributed by atoms with van der Waals surface area (Å²) in [4.78, 5) is 2.80. The monoisotopic (exact) mass is 252 g/mol. The van der Waals surface area contributed by atoms with Gasteiger partial charge in [-0.15, -0.1) is 0 Å². The predicted molar refractivity (Wildman–Crippen MR) is 78.8 cm³/mol. The van der Waals surface area contributed by atoms with Crippen molar-refractivity contribution in [2.45, 2.75) is 65.5 Å². The first-order valence-electron chi connectivity index (χ1n) is 8.09. The van der Waals surface area contributed by atoms with Crippen LogP contribution in [-0.2, 0) is 0 Å². The van der Waals surface area contributed by atoms with Crippen molar-refractivity contribution in [3.05, 3.63) is 0 Å². The van der Waals surface area contributed by atoms with Gasteiger partial charge in [-0.3, -0.25) is 4.90 Å². The first kappa shape index (κ1) is 14.3. The highest BCUT2D eigenvalue weighted by Crippen LogP contribution is 2.38. The maximum Gasteiger partial charge on any atom is 0.0124 e. The molecule has 0 radical (unpaired) electrons. The second kappa shape index (κ2) is 6.38. The van der Waals surface area contributed by atoms with E-state index in [2.05, 4.69) is 37.9 Å². The van der Waals surface area contributed by atoms with E-state index in [1.54, 1.807) is 0 Å². The molecule has 106 valence electrons. The average molecular weight is 252 g/mol. The number of hydrogen-bond donors (Lipinski definition) is 1. The maximum absolute atomic E-state index is 3.60. The van der Waals surface area contributed by atoms with Gasteiger partial charge in [-0.1, -0.05) is 34.1 Å². The minimum atomic E-state index is 0.633. The lowest BCUT2D eigenvalue weighted by Gasteiger charge is -2.29. The van der Waals surface area contributed by atoms with Crippen LogP contribution in [0.25, 0.3) is 0 Å². The zero-order chi connectivity index (χ0) is 13.1. The summed E-state index contributed by atoms with van der Waals surface area (Å²) >= 11 is 0. The van der Waals surface area contributed by atoms with Gasteiger partial charge in [-0.2, -0.15) is 0 Å². The summed E-state index contributed by atoms with van der Waals surface area (Å²) in [5.74, 6) is 2.80. The molecule has 0 bridgehead atoms. The number of nitrogens with zero attached hydrogens (tertiary/aromatic N) is 1. The van der Waals surface area contributed by atoms with Crippen LogP contribution in [0.5, 0.6) is 0 Å². The largest absolute Gasteiger partial charge is 0.314 e. The summed E-state index contributed by atoms with van der Waals surface area (Å²) in [6, 6.07) is 1.52. The van der Waals surface area contributed by atoms with Gasteiger partial charge in [0.05, 0.1) is 0 Å². The molecule has 1 aliphatic carbocycles. The molecule has 1 aliphatic heterocycles. The van der Waals surface area contributed by atoms with Crippen molar-refractivity contribution in [1.29, 1.82) is 0 Å². The van der Waals surface area contributed by atoms with Gasteiger partial charge in [-0.05, 0) is 50.1 Å². The van der Waals surface area contributed by atoms with Gasteiger partial charge in [0.15, 0.2) is 0 Å². The molecule has 2 rings (SSSR count). The molecule has 0 aromatic heterocycles. The van der Waals surface area contributed by atoms with Crippen LogP contribution in [-0.4, -0.2) is 36.6 Å². The molecule has 2 nitrogen and oxygen atoms in total. The van der Waals surface area contributed by atoms with Crippen LogP contribution in [0.2, 0.25) is 0 Å². The molecule has 18 heavy (non-hydrogen) atoms. The van der Waals surface area contributed by atoms with E-state index in [0.29, 0.717) is 6.04 Å². The van der Waals surface area contributed by atoms with Gasteiger partial charge in [0.1, 0.15) is 0 Å². The Kier molecular flexibility index (Phi) is 5.08. The van der Waals surface area contributed by atoms with Crippen LogP contribution in [0.3, 0.4) is 0 Å². The van der Waals surface area contributed by atoms with Crippen molar-refractivity contribution in [2.75, 3.05) is 19.6 Å². The van der Waals surface area contributed by atoms with Gasteiger partial charge in [0.2, 0.25) is 0 Å². The first-order valence-corrected chi connectivity index (χ1v) is 8.09. The van der Waals surface area contributed by atoms with E-state index < -0.39 is 0 Å². The maximum atomic E-state index is 3.60. The lowest BCUT2D eigenvalue weighted by Crippen LogP contribution is -2.37. The molecule has 0 amide bonds. The third-order valence-electron chi connectivity index (χ3n) is 5.31. The van der Waals surface area contributed by atoms with Crippen molar-refractivity contribution in [1.82, 2.24) is 10.2 Å². The lowest BCUT2D eigenvalue weighted by molar-refractivity contribution is 0.181. The summed E-state index contributed by atoms with van der Waals surface area (Å²) in [6.45, 7) is 13.2. The Morgan fingerprint density at radius 2 is 2.00 bits per heavy atom. The molecule has 2 heteroatoms. The molecule has 1 saturated heterocycles. The van der Waals surface area contributed by atoms with E-state index in [1.165, 1.54) is 45.3 Å². The van der Waals surface area contributed by atoms with E-state index >= 15 is 0 Å². The number of rotatable bonds is 5. The second-order valence-corrected chi connectivity index (χ2v) is 6.88. The minimum Gasteiger partial charge on any atom is -0.314 e. The molecular formula is C16H32N2. The molecular weight excluding hydrogens is 220 g/mol. The fourth-order valence-corrected chi connectivity index (χ4v) is 4.05. The Balaban J connectivity index is 1.78. The van der Waals surface area contributed by atoms with Crippen molar-refractivity contribution >= 4 is 0 Å². The first-order chi connectivity index (χ1) is 8.61. The normalized spacial score (nSPS) is 37.8. The van der Waals surface area contributed by atoms with E-state index in [4.69, 9.17) is 0 Å². The highest BCUT2D eigenvalue weighted by Gasteiger charge is 2.37. The number of nitrogens with one attached hydrogen (secondary N) is 1. The zero-order valence-electron chi connectivity index (χ0n) is 12.8. The van der Waals surface area contributed by atoms with Gasteiger partial charge in [-0.25, -0.2) is 0 Å². The quantitative estimate of drug-likeness (QED) is 0.809. The third kappa shape index (κ3) is 3.27. The van der Waals surface area contributed by atoms with Crippen molar-refractivity contribution in [3.8, 4) is 0 Å². The lowest BCUT2D eigenvalue weighted by atomic mass is 9.93. The Labute approximate surface area is 114 Å². The predicted octanol–water partition coefficient (Wildman–Crippen LogP) is 3.13. The molecule has 2 fully saturated rings. The molecule has 4 unspecified atom stereocenters. The van der Waals surface area contributed by atoms with Crippen LogP contribution >= 0.6 is 0 Å². The average Bonchev–Trinajstić information content (AvgIpc) is 2.92. The Morgan fingerprint density at radius 1 is 1.22 bits per heavy atom. The fourth-order valence-electron chi connectivity index (χ4n) is 4.05. The minimum absolute atomic E-state index is 0.633. The van der Waals surface area contributed by atoms with Gasteiger partial charge < -0.3 is 5.32 Å². The van der Waals surface area contributed by atoms with E-state index in [-0.39, 0.29) is 0 Å². The highest BCUT2D eigenvalue weighted by molar-refractivity contribution is 4.91. The van der Waals surface area contributed by atoms with Crippen LogP contribution in [0, 0.1) is 17.8 Å². The van der Waals surface area contributed by atoms with E-state index in [1.807, 2.05) is 0 Å². The Bertz CT molecular complexity index is 251. The van der Waals surface area contributed by atoms with Crippen LogP contribution < -0.4 is 5.32 Å². The smallest absolute Gasteiger partial charge is 0.0124 e. The molecule has 1 heterocycles. The van der Waals surface area contributed by atoms with Crippen molar-refractivity contribution < 1.29 is 0 Å². The fraction of sp³-hybridized carbons (Fsp3) is 1.00. The summed E-state index contributed by atoms with van der Waals surface area (Å²) in [5, 5.41) is 3.60. The Morgan fingerprint density at radius 3 is 2.61 bits per heavy atom. The van der Waals surface area contributed by atoms with Gasteiger partial charge >= 0.3 is 0 Å². The van der Waals surface area contributed by atoms with Crippen LogP contribution in [0.1, 0.15) is 53.4 Å². The van der Waals surface area contributed by atoms with Crippen molar-refractivity contribution in [2.24, 2.45) is 17.8 Å². The SMILES string of the molecule is CCC1CCC(N2CCC(CNC(C)C)C2)C1C. The topological polar surface area (TPSA) is 15.3 Å². The number of likely N-dealkylation sites (tertiary alicyclic amines) is 1. The molecule has 0 spiro atoms. The second-order valence-electron chi connectivity index (χ2n) is 6.88. The molecule has 0 aromatic rings. The molecule has 1 saturated carbocycles. The zero-order valence-corrected chi connectivity index (χ0v) is 12.8. The Hall–Kier alpha value is -0.0800. The summed E-state index contributed by atoms with van der Waals surface area (Å²) in [6.07, 6.45) is 5.70. The third-order valence-corrected chi connectivity index (χ3v) is 5.31. The van der Waals surface area contributed by atoms with Crippen LogP contribution in [0.15, 0.2) is 0 Å². The van der Waals surface area contributed by atoms with Crippen LogP contribution in [0.4, 0.5) is 0 Å². The molecule has 2 aliphatic rings. The van der Waals surface area contributed by atoms with E-state index in [0.717, 1.165) is 23.8 Å². The number of hydrogen-bond acceptors (Lipinski definition) is 2. The highest BCUT2D eigenvalue weighted by atomic mass is 15.2. The molecule has 0 aromatic carbocycles. The van der Waals surface area contributed by atoms with Gasteiger partial charge in [0.25, 0.3) is 0 Å². The van der Waals surface area contributed by atoms with E-state index in [9.17, 15) is 0 Å². The summed E-state index contributed by atoms with van der Waals surface area (Å²) < 4.78 is 0. The van der Waals surface area contributed by atoms with Crippen molar-refractivity contribution in [3.63, 3.8) is 0 Å². The molecule has 1 N–H and O–H groups in total. The summed E-state index contributed by atoms with van der Waals surface area (Å²) in [7, 11) is 0. The summed E-state index contributed by atoms with van der Waals surface area (Å²) in [5.41, 5.74) is 0. The van der Waals surface area contributed by atoms with Gasteiger partial charge in [0, 0.05) is 18.6 Å². The standard InChI is InChI=1S/C16H32N2/c1-5-15-6-7-16(13(15)4)18-9-8-14(11-18)10-17-12(2)3/h12-17H,5-11H2,1-4H3.